The zero-order chi connectivity index (χ0) is 13.5. The van der Waals surface area contributed by atoms with E-state index < -0.39 is 0 Å². The molecule has 1 rings (SSSR count). The summed E-state index contributed by atoms with van der Waals surface area (Å²) in [5.41, 5.74) is 0. The Bertz CT molecular complexity index is 250. The van der Waals surface area contributed by atoms with Crippen LogP contribution in [-0.2, 0) is 9.53 Å². The van der Waals surface area contributed by atoms with Crippen LogP contribution in [-0.4, -0.2) is 37.7 Å². The minimum atomic E-state index is -0.159. The summed E-state index contributed by atoms with van der Waals surface area (Å²) >= 11 is 0. The highest BCUT2D eigenvalue weighted by Crippen LogP contribution is 2.17. The lowest BCUT2D eigenvalue weighted by molar-refractivity contribution is -0.123. The van der Waals surface area contributed by atoms with Crippen LogP contribution in [0.5, 0.6) is 0 Å². The Balaban J connectivity index is 2.36. The van der Waals surface area contributed by atoms with Crippen molar-refractivity contribution < 1.29 is 9.53 Å². The SMILES string of the molecule is COCC(NC(C)C(=O)NC1CCCC1)C(C)C. The fourth-order valence-corrected chi connectivity index (χ4v) is 2.41. The lowest BCUT2D eigenvalue weighted by atomic mass is 10.0. The van der Waals surface area contributed by atoms with E-state index in [0.717, 1.165) is 12.8 Å². The molecule has 0 aromatic heterocycles. The van der Waals surface area contributed by atoms with Crippen molar-refractivity contribution in [2.24, 2.45) is 5.92 Å². The first-order valence-electron chi connectivity index (χ1n) is 7.10. The van der Waals surface area contributed by atoms with Crippen molar-refractivity contribution in [2.75, 3.05) is 13.7 Å². The van der Waals surface area contributed by atoms with Gasteiger partial charge in [0.15, 0.2) is 0 Å². The number of amides is 1. The molecule has 0 spiro atoms. The summed E-state index contributed by atoms with van der Waals surface area (Å²) in [5.74, 6) is 0.565. The normalized spacial score (nSPS) is 20.1. The first-order valence-corrected chi connectivity index (χ1v) is 7.10. The van der Waals surface area contributed by atoms with Gasteiger partial charge in [-0.3, -0.25) is 4.79 Å². The third-order valence-electron chi connectivity index (χ3n) is 3.71. The summed E-state index contributed by atoms with van der Waals surface area (Å²) in [6, 6.07) is 0.453. The molecule has 0 heterocycles. The standard InChI is InChI=1S/C14H28N2O2/c1-10(2)13(9-18-4)15-11(3)14(17)16-12-7-5-6-8-12/h10-13,15H,5-9H2,1-4H3,(H,16,17). The highest BCUT2D eigenvalue weighted by Gasteiger charge is 2.23. The number of hydrogen-bond donors (Lipinski definition) is 2. The minimum Gasteiger partial charge on any atom is -0.383 e. The first-order chi connectivity index (χ1) is 8.54. The summed E-state index contributed by atoms with van der Waals surface area (Å²) in [6.07, 6.45) is 4.74. The maximum absolute atomic E-state index is 12.0. The molecule has 2 unspecified atom stereocenters. The Morgan fingerprint density at radius 3 is 2.39 bits per heavy atom. The minimum absolute atomic E-state index is 0.114. The number of ether oxygens (including phenoxy) is 1. The highest BCUT2D eigenvalue weighted by molar-refractivity contribution is 5.81. The summed E-state index contributed by atoms with van der Waals surface area (Å²) in [6.45, 7) is 6.84. The van der Waals surface area contributed by atoms with Gasteiger partial charge in [0.25, 0.3) is 0 Å². The topological polar surface area (TPSA) is 50.4 Å². The zero-order valence-corrected chi connectivity index (χ0v) is 12.2. The molecule has 1 aliphatic rings. The smallest absolute Gasteiger partial charge is 0.237 e. The molecule has 0 aromatic carbocycles. The van der Waals surface area contributed by atoms with Gasteiger partial charge < -0.3 is 15.4 Å². The van der Waals surface area contributed by atoms with Crippen LogP contribution >= 0.6 is 0 Å². The van der Waals surface area contributed by atoms with Gasteiger partial charge in [0.1, 0.15) is 0 Å². The molecule has 4 heteroatoms. The lowest BCUT2D eigenvalue weighted by Gasteiger charge is -2.26. The second-order valence-corrected chi connectivity index (χ2v) is 5.68. The van der Waals surface area contributed by atoms with Gasteiger partial charge in [0.05, 0.1) is 12.6 Å². The van der Waals surface area contributed by atoms with Gasteiger partial charge >= 0.3 is 0 Å². The fraction of sp³-hybridized carbons (Fsp3) is 0.929. The van der Waals surface area contributed by atoms with Crippen LogP contribution in [0.15, 0.2) is 0 Å². The molecule has 4 nitrogen and oxygen atoms in total. The summed E-state index contributed by atoms with van der Waals surface area (Å²) in [4.78, 5) is 12.0. The number of methoxy groups -OCH3 is 1. The molecule has 0 bridgehead atoms. The van der Waals surface area contributed by atoms with E-state index in [1.54, 1.807) is 7.11 Å². The molecule has 106 valence electrons. The van der Waals surface area contributed by atoms with E-state index >= 15 is 0 Å². The molecule has 2 atom stereocenters. The second kappa shape index (κ2) is 7.74. The largest absolute Gasteiger partial charge is 0.383 e. The Labute approximate surface area is 111 Å². The van der Waals surface area contributed by atoms with Gasteiger partial charge in [-0.25, -0.2) is 0 Å². The molecule has 18 heavy (non-hydrogen) atoms. The van der Waals surface area contributed by atoms with Crippen molar-refractivity contribution in [3.63, 3.8) is 0 Å². The van der Waals surface area contributed by atoms with E-state index in [9.17, 15) is 4.79 Å². The average Bonchev–Trinajstić information content (AvgIpc) is 2.80. The third kappa shape index (κ3) is 4.94. The number of nitrogens with one attached hydrogen (secondary N) is 2. The van der Waals surface area contributed by atoms with Crippen LogP contribution in [0.2, 0.25) is 0 Å². The summed E-state index contributed by atoms with van der Waals surface area (Å²) in [7, 11) is 1.69. The molecule has 0 aliphatic heterocycles. The number of carbonyl (C=O) groups excluding carboxylic acids is 1. The van der Waals surface area contributed by atoms with Crippen molar-refractivity contribution in [3.8, 4) is 0 Å². The molecular weight excluding hydrogens is 228 g/mol. The molecular formula is C14H28N2O2. The predicted molar refractivity (Wildman–Crippen MR) is 73.5 cm³/mol. The maximum atomic E-state index is 12.0. The van der Waals surface area contributed by atoms with Crippen LogP contribution < -0.4 is 10.6 Å². The van der Waals surface area contributed by atoms with E-state index in [-0.39, 0.29) is 18.0 Å². The number of hydrogen-bond acceptors (Lipinski definition) is 3. The lowest BCUT2D eigenvalue weighted by Crippen LogP contribution is -2.51. The average molecular weight is 256 g/mol. The third-order valence-corrected chi connectivity index (χ3v) is 3.71. The van der Waals surface area contributed by atoms with Gasteiger partial charge in [0, 0.05) is 19.2 Å². The summed E-state index contributed by atoms with van der Waals surface area (Å²) in [5, 5.41) is 6.48. The van der Waals surface area contributed by atoms with E-state index in [2.05, 4.69) is 24.5 Å². The number of carbonyl (C=O) groups is 1. The van der Waals surface area contributed by atoms with Gasteiger partial charge in [0.2, 0.25) is 5.91 Å². The monoisotopic (exact) mass is 256 g/mol. The zero-order valence-electron chi connectivity index (χ0n) is 12.2. The van der Waals surface area contributed by atoms with Gasteiger partial charge in [-0.1, -0.05) is 26.7 Å². The van der Waals surface area contributed by atoms with Gasteiger partial charge in [-0.05, 0) is 25.7 Å². The molecule has 1 amide bonds. The van der Waals surface area contributed by atoms with Crippen molar-refractivity contribution in [1.82, 2.24) is 10.6 Å². The highest BCUT2D eigenvalue weighted by atomic mass is 16.5. The predicted octanol–water partition coefficient (Wildman–Crippen LogP) is 1.69. The van der Waals surface area contributed by atoms with E-state index in [1.165, 1.54) is 12.8 Å². The van der Waals surface area contributed by atoms with Crippen LogP contribution in [0.4, 0.5) is 0 Å². The van der Waals surface area contributed by atoms with Crippen LogP contribution in [0.3, 0.4) is 0 Å². The molecule has 0 aromatic rings. The van der Waals surface area contributed by atoms with Crippen molar-refractivity contribution in [1.29, 1.82) is 0 Å². The van der Waals surface area contributed by atoms with Crippen molar-refractivity contribution in [3.05, 3.63) is 0 Å². The summed E-state index contributed by atoms with van der Waals surface area (Å²) < 4.78 is 5.19. The molecule has 2 N–H and O–H groups in total. The Hall–Kier alpha value is -0.610. The Morgan fingerprint density at radius 2 is 1.89 bits per heavy atom. The van der Waals surface area contributed by atoms with Crippen LogP contribution in [0.1, 0.15) is 46.5 Å². The van der Waals surface area contributed by atoms with Gasteiger partial charge in [-0.2, -0.15) is 0 Å². The molecule has 0 saturated heterocycles. The molecule has 1 aliphatic carbocycles. The molecule has 1 saturated carbocycles. The number of rotatable bonds is 7. The van der Waals surface area contributed by atoms with E-state index in [4.69, 9.17) is 4.74 Å². The fourth-order valence-electron chi connectivity index (χ4n) is 2.41. The molecule has 1 fully saturated rings. The Kier molecular flexibility index (Phi) is 6.65. The first kappa shape index (κ1) is 15.4. The van der Waals surface area contributed by atoms with E-state index in [0.29, 0.717) is 18.6 Å². The maximum Gasteiger partial charge on any atom is 0.237 e. The van der Waals surface area contributed by atoms with Crippen molar-refractivity contribution in [2.45, 2.75) is 64.6 Å². The Morgan fingerprint density at radius 1 is 1.28 bits per heavy atom. The van der Waals surface area contributed by atoms with Crippen LogP contribution in [0.25, 0.3) is 0 Å². The van der Waals surface area contributed by atoms with E-state index in [1.807, 2.05) is 6.92 Å². The second-order valence-electron chi connectivity index (χ2n) is 5.68. The van der Waals surface area contributed by atoms with Crippen LogP contribution in [0, 0.1) is 5.92 Å². The quantitative estimate of drug-likeness (QED) is 0.729. The van der Waals surface area contributed by atoms with Crippen molar-refractivity contribution >= 4 is 5.91 Å². The molecule has 0 radical (unpaired) electrons. The van der Waals surface area contributed by atoms with Gasteiger partial charge in [-0.15, -0.1) is 0 Å².